The Balaban J connectivity index is 1.62. The van der Waals surface area contributed by atoms with Crippen molar-refractivity contribution in [2.75, 3.05) is 18.4 Å². The summed E-state index contributed by atoms with van der Waals surface area (Å²) in [6.07, 6.45) is 5.61. The van der Waals surface area contributed by atoms with Crippen LogP contribution in [0, 0.1) is 5.92 Å². The molecule has 1 aliphatic rings. The Labute approximate surface area is 148 Å². The van der Waals surface area contributed by atoms with E-state index < -0.39 is 6.10 Å². The Kier molecular flexibility index (Phi) is 5.38. The minimum absolute atomic E-state index is 0.00284. The molecule has 2 aromatic rings. The van der Waals surface area contributed by atoms with Gasteiger partial charge in [0, 0.05) is 44.1 Å². The maximum atomic E-state index is 12.6. The molecule has 0 bridgehead atoms. The number of nitrogens with zero attached hydrogens (tertiary/aromatic N) is 3. The van der Waals surface area contributed by atoms with Gasteiger partial charge < -0.3 is 19.9 Å². The second-order valence-electron chi connectivity index (χ2n) is 6.67. The van der Waals surface area contributed by atoms with Crippen LogP contribution >= 0.6 is 0 Å². The molecule has 1 aliphatic heterocycles. The van der Waals surface area contributed by atoms with Gasteiger partial charge in [0.05, 0.1) is 0 Å². The van der Waals surface area contributed by atoms with E-state index in [1.54, 1.807) is 11.1 Å². The molecule has 2 heterocycles. The topological polar surface area (TPSA) is 70.4 Å². The van der Waals surface area contributed by atoms with Gasteiger partial charge in [-0.15, -0.1) is 0 Å². The van der Waals surface area contributed by atoms with Crippen molar-refractivity contribution in [1.29, 1.82) is 0 Å². The lowest BCUT2D eigenvalue weighted by molar-refractivity contribution is 0.0552. The highest BCUT2D eigenvalue weighted by Crippen LogP contribution is 2.29. The Morgan fingerprint density at radius 2 is 2.16 bits per heavy atom. The molecule has 6 nitrogen and oxygen atoms in total. The smallest absolute Gasteiger partial charge is 0.321 e. The van der Waals surface area contributed by atoms with Gasteiger partial charge in [0.1, 0.15) is 11.9 Å². The number of aliphatic hydroxyl groups excluding tert-OH is 1. The van der Waals surface area contributed by atoms with Crippen LogP contribution in [0.1, 0.15) is 37.3 Å². The molecule has 3 rings (SSSR count). The van der Waals surface area contributed by atoms with Crippen LogP contribution in [0.2, 0.25) is 0 Å². The van der Waals surface area contributed by atoms with Gasteiger partial charge in [-0.3, -0.25) is 0 Å². The molecule has 0 radical (unpaired) electrons. The Bertz CT molecular complexity index is 710. The summed E-state index contributed by atoms with van der Waals surface area (Å²) in [7, 11) is 1.87. The lowest BCUT2D eigenvalue weighted by Crippen LogP contribution is -2.44. The first-order chi connectivity index (χ1) is 12.1. The molecule has 6 heteroatoms. The van der Waals surface area contributed by atoms with E-state index in [2.05, 4.69) is 17.2 Å². The van der Waals surface area contributed by atoms with Crippen molar-refractivity contribution in [2.45, 2.75) is 32.3 Å². The molecule has 2 atom stereocenters. The van der Waals surface area contributed by atoms with Crippen molar-refractivity contribution in [3.63, 3.8) is 0 Å². The van der Waals surface area contributed by atoms with Crippen LogP contribution in [-0.2, 0) is 13.5 Å². The number of urea groups is 1. The second kappa shape index (κ2) is 7.70. The number of benzene rings is 1. The first-order valence-electron chi connectivity index (χ1n) is 8.88. The van der Waals surface area contributed by atoms with Crippen molar-refractivity contribution < 1.29 is 9.90 Å². The number of carbonyl (C=O) groups is 1. The van der Waals surface area contributed by atoms with Crippen molar-refractivity contribution in [2.24, 2.45) is 13.0 Å². The van der Waals surface area contributed by atoms with E-state index in [1.165, 1.54) is 5.56 Å². The van der Waals surface area contributed by atoms with E-state index >= 15 is 0 Å². The second-order valence-corrected chi connectivity index (χ2v) is 6.67. The average molecular weight is 342 g/mol. The average Bonchev–Trinajstić information content (AvgIpc) is 3.07. The summed E-state index contributed by atoms with van der Waals surface area (Å²) >= 11 is 0. The zero-order chi connectivity index (χ0) is 17.8. The predicted molar refractivity (Wildman–Crippen MR) is 97.3 cm³/mol. The number of aromatic nitrogens is 2. The van der Waals surface area contributed by atoms with Gasteiger partial charge in [-0.05, 0) is 37.0 Å². The SMILES string of the molecule is CCc1ccc(NC(=O)N2CCCC(C(O)c3nccn3C)C2)cc1. The first kappa shape index (κ1) is 17.5. The van der Waals surface area contributed by atoms with Gasteiger partial charge in [0.15, 0.2) is 0 Å². The van der Waals surface area contributed by atoms with E-state index in [1.807, 2.05) is 42.1 Å². The van der Waals surface area contributed by atoms with Crippen molar-refractivity contribution >= 4 is 11.7 Å². The predicted octanol–water partition coefficient (Wildman–Crippen LogP) is 2.96. The number of piperidine rings is 1. The largest absolute Gasteiger partial charge is 0.385 e. The van der Waals surface area contributed by atoms with Gasteiger partial charge in [-0.2, -0.15) is 0 Å². The zero-order valence-corrected chi connectivity index (χ0v) is 14.9. The fraction of sp³-hybridized carbons (Fsp3) is 0.474. The molecular formula is C19H26N4O2. The molecule has 0 aliphatic carbocycles. The molecule has 2 amide bonds. The standard InChI is InChI=1S/C19H26N4O2/c1-3-14-6-8-16(9-7-14)21-19(25)23-11-4-5-15(13-23)17(24)18-20-10-12-22(18)2/h6-10,12,15,17,24H,3-5,11,13H2,1-2H3,(H,21,25). The Morgan fingerprint density at radius 1 is 1.40 bits per heavy atom. The highest BCUT2D eigenvalue weighted by Gasteiger charge is 2.31. The lowest BCUT2D eigenvalue weighted by atomic mass is 9.92. The summed E-state index contributed by atoms with van der Waals surface area (Å²) in [4.78, 5) is 18.6. The highest BCUT2D eigenvalue weighted by atomic mass is 16.3. The van der Waals surface area contributed by atoms with Crippen LogP contribution in [0.25, 0.3) is 0 Å². The normalized spacial score (nSPS) is 18.8. The molecule has 2 unspecified atom stereocenters. The number of carbonyl (C=O) groups excluding carboxylic acids is 1. The van der Waals surface area contributed by atoms with E-state index in [0.717, 1.165) is 24.9 Å². The maximum absolute atomic E-state index is 12.6. The van der Waals surface area contributed by atoms with Crippen LogP contribution in [-0.4, -0.2) is 38.7 Å². The third-order valence-electron chi connectivity index (χ3n) is 4.93. The van der Waals surface area contributed by atoms with Gasteiger partial charge in [-0.1, -0.05) is 19.1 Å². The fourth-order valence-corrected chi connectivity index (χ4v) is 3.35. The summed E-state index contributed by atoms with van der Waals surface area (Å²) < 4.78 is 1.83. The maximum Gasteiger partial charge on any atom is 0.321 e. The number of aryl methyl sites for hydroxylation is 2. The number of hydrogen-bond acceptors (Lipinski definition) is 3. The quantitative estimate of drug-likeness (QED) is 0.897. The molecule has 1 saturated heterocycles. The third kappa shape index (κ3) is 4.02. The van der Waals surface area contributed by atoms with Crippen LogP contribution in [0.3, 0.4) is 0 Å². The molecule has 2 N–H and O–H groups in total. The minimum Gasteiger partial charge on any atom is -0.385 e. The number of rotatable bonds is 4. The van der Waals surface area contributed by atoms with Crippen molar-refractivity contribution in [3.05, 3.63) is 48.0 Å². The van der Waals surface area contributed by atoms with Gasteiger partial charge in [-0.25, -0.2) is 9.78 Å². The van der Waals surface area contributed by atoms with Crippen LogP contribution in [0.4, 0.5) is 10.5 Å². The molecular weight excluding hydrogens is 316 g/mol. The molecule has 0 spiro atoms. The number of hydrogen-bond donors (Lipinski definition) is 2. The minimum atomic E-state index is -0.653. The molecule has 1 aromatic heterocycles. The van der Waals surface area contributed by atoms with Crippen LogP contribution in [0.5, 0.6) is 0 Å². The van der Waals surface area contributed by atoms with Gasteiger partial charge in [0.25, 0.3) is 0 Å². The van der Waals surface area contributed by atoms with Gasteiger partial charge >= 0.3 is 6.03 Å². The number of aliphatic hydroxyl groups is 1. The van der Waals surface area contributed by atoms with Crippen LogP contribution < -0.4 is 5.32 Å². The Hall–Kier alpha value is -2.34. The number of nitrogens with one attached hydrogen (secondary N) is 1. The summed E-state index contributed by atoms with van der Waals surface area (Å²) in [6.45, 7) is 3.35. The van der Waals surface area contributed by atoms with Crippen molar-refractivity contribution in [1.82, 2.24) is 14.5 Å². The first-order valence-corrected chi connectivity index (χ1v) is 8.88. The third-order valence-corrected chi connectivity index (χ3v) is 4.93. The summed E-state index contributed by atoms with van der Waals surface area (Å²) in [5.41, 5.74) is 2.04. The molecule has 0 saturated carbocycles. The summed E-state index contributed by atoms with van der Waals surface area (Å²) in [5, 5.41) is 13.6. The van der Waals surface area contributed by atoms with Crippen LogP contribution in [0.15, 0.2) is 36.7 Å². The van der Waals surface area contributed by atoms with E-state index in [-0.39, 0.29) is 11.9 Å². The molecule has 1 aromatic carbocycles. The van der Waals surface area contributed by atoms with E-state index in [4.69, 9.17) is 0 Å². The van der Waals surface area contributed by atoms with E-state index in [0.29, 0.717) is 18.9 Å². The monoisotopic (exact) mass is 342 g/mol. The summed E-state index contributed by atoms with van der Waals surface area (Å²) in [6, 6.07) is 7.81. The number of imidazole rings is 1. The molecule has 134 valence electrons. The lowest BCUT2D eigenvalue weighted by Gasteiger charge is -2.34. The molecule has 25 heavy (non-hydrogen) atoms. The highest BCUT2D eigenvalue weighted by molar-refractivity contribution is 5.89. The Morgan fingerprint density at radius 3 is 2.80 bits per heavy atom. The molecule has 1 fully saturated rings. The van der Waals surface area contributed by atoms with E-state index in [9.17, 15) is 9.90 Å². The number of likely N-dealkylation sites (tertiary alicyclic amines) is 1. The fourth-order valence-electron chi connectivity index (χ4n) is 3.35. The van der Waals surface area contributed by atoms with Crippen molar-refractivity contribution in [3.8, 4) is 0 Å². The summed E-state index contributed by atoms with van der Waals surface area (Å²) in [5.74, 6) is 0.658. The zero-order valence-electron chi connectivity index (χ0n) is 14.9. The number of amides is 2. The number of anilines is 1. The van der Waals surface area contributed by atoms with Gasteiger partial charge in [0.2, 0.25) is 0 Å².